The molecule has 0 bridgehead atoms. The molecule has 1 aromatic heterocycles. The standard InChI is InChI=1S/C16H22N2O2/c1-4-8-17-13(3)14-6-5-7-15(10-14)19-11-16-9-12(2)18-20-16/h5-7,9-10,13,17H,4,8,11H2,1-3H3. The molecule has 20 heavy (non-hydrogen) atoms. The van der Waals surface area contributed by atoms with Gasteiger partial charge in [0.2, 0.25) is 0 Å². The number of aromatic nitrogens is 1. The second-order valence-electron chi connectivity index (χ2n) is 4.97. The van der Waals surface area contributed by atoms with Gasteiger partial charge in [-0.15, -0.1) is 0 Å². The van der Waals surface area contributed by atoms with Gasteiger partial charge in [-0.05, 0) is 44.5 Å². The van der Waals surface area contributed by atoms with Crippen molar-refractivity contribution in [2.45, 2.75) is 39.8 Å². The Morgan fingerprint density at radius 1 is 1.35 bits per heavy atom. The predicted molar refractivity (Wildman–Crippen MR) is 78.7 cm³/mol. The van der Waals surface area contributed by atoms with Gasteiger partial charge in [0.15, 0.2) is 5.76 Å². The van der Waals surface area contributed by atoms with E-state index in [4.69, 9.17) is 9.26 Å². The fourth-order valence-electron chi connectivity index (χ4n) is 1.99. The van der Waals surface area contributed by atoms with Crippen LogP contribution in [-0.2, 0) is 6.61 Å². The molecule has 4 heteroatoms. The Balaban J connectivity index is 1.95. The lowest BCUT2D eigenvalue weighted by atomic mass is 10.1. The summed E-state index contributed by atoms with van der Waals surface area (Å²) in [6.07, 6.45) is 1.13. The largest absolute Gasteiger partial charge is 0.486 e. The third-order valence-corrected chi connectivity index (χ3v) is 3.12. The summed E-state index contributed by atoms with van der Waals surface area (Å²) < 4.78 is 10.9. The van der Waals surface area contributed by atoms with Crippen LogP contribution < -0.4 is 10.1 Å². The SMILES string of the molecule is CCCNC(C)c1cccc(OCc2cc(C)no2)c1. The minimum Gasteiger partial charge on any atom is -0.486 e. The fraction of sp³-hybridized carbons (Fsp3) is 0.438. The van der Waals surface area contributed by atoms with E-state index in [1.54, 1.807) is 0 Å². The monoisotopic (exact) mass is 274 g/mol. The van der Waals surface area contributed by atoms with Crippen molar-refractivity contribution in [3.63, 3.8) is 0 Å². The Kier molecular flexibility index (Phi) is 5.18. The summed E-state index contributed by atoms with van der Waals surface area (Å²) in [5.41, 5.74) is 2.10. The van der Waals surface area contributed by atoms with Crippen LogP contribution in [0, 0.1) is 6.92 Å². The number of nitrogens with zero attached hydrogens (tertiary/aromatic N) is 1. The maximum atomic E-state index is 5.74. The molecule has 4 nitrogen and oxygen atoms in total. The van der Waals surface area contributed by atoms with Gasteiger partial charge in [-0.25, -0.2) is 0 Å². The molecule has 0 saturated heterocycles. The summed E-state index contributed by atoms with van der Waals surface area (Å²) in [5, 5.41) is 7.31. The average molecular weight is 274 g/mol. The molecule has 1 unspecified atom stereocenters. The fourth-order valence-corrected chi connectivity index (χ4v) is 1.99. The Hall–Kier alpha value is -1.81. The number of rotatable bonds is 7. The molecule has 0 spiro atoms. The van der Waals surface area contributed by atoms with Gasteiger partial charge < -0.3 is 14.6 Å². The highest BCUT2D eigenvalue weighted by molar-refractivity contribution is 5.30. The van der Waals surface area contributed by atoms with Crippen LogP contribution in [0.1, 0.15) is 43.3 Å². The van der Waals surface area contributed by atoms with Crippen LogP contribution in [0.5, 0.6) is 5.75 Å². The van der Waals surface area contributed by atoms with Crippen LogP contribution in [0.25, 0.3) is 0 Å². The van der Waals surface area contributed by atoms with Crippen LogP contribution in [0.15, 0.2) is 34.9 Å². The second kappa shape index (κ2) is 7.10. The van der Waals surface area contributed by atoms with Crippen molar-refractivity contribution >= 4 is 0 Å². The van der Waals surface area contributed by atoms with E-state index in [-0.39, 0.29) is 0 Å². The van der Waals surface area contributed by atoms with Crippen molar-refractivity contribution in [3.05, 3.63) is 47.3 Å². The Bertz CT molecular complexity index is 537. The number of ether oxygens (including phenoxy) is 1. The van der Waals surface area contributed by atoms with Crippen molar-refractivity contribution in [1.29, 1.82) is 0 Å². The summed E-state index contributed by atoms with van der Waals surface area (Å²) in [7, 11) is 0. The summed E-state index contributed by atoms with van der Waals surface area (Å²) in [6, 6.07) is 10.4. The van der Waals surface area contributed by atoms with Gasteiger partial charge in [0, 0.05) is 12.1 Å². The van der Waals surface area contributed by atoms with Crippen LogP contribution in [0.2, 0.25) is 0 Å². The molecule has 0 amide bonds. The van der Waals surface area contributed by atoms with E-state index in [0.29, 0.717) is 12.6 Å². The van der Waals surface area contributed by atoms with Crippen molar-refractivity contribution < 1.29 is 9.26 Å². The van der Waals surface area contributed by atoms with E-state index in [0.717, 1.165) is 30.2 Å². The molecule has 0 radical (unpaired) electrons. The smallest absolute Gasteiger partial charge is 0.174 e. The number of nitrogens with one attached hydrogen (secondary N) is 1. The van der Waals surface area contributed by atoms with Crippen LogP contribution in [0.3, 0.4) is 0 Å². The van der Waals surface area contributed by atoms with Gasteiger partial charge in [-0.1, -0.05) is 24.2 Å². The highest BCUT2D eigenvalue weighted by Gasteiger charge is 2.06. The molecule has 1 N–H and O–H groups in total. The van der Waals surface area contributed by atoms with Crippen LogP contribution in [-0.4, -0.2) is 11.7 Å². The molecule has 1 heterocycles. The molecular weight excluding hydrogens is 252 g/mol. The number of hydrogen-bond donors (Lipinski definition) is 1. The number of aryl methyl sites for hydroxylation is 1. The quantitative estimate of drug-likeness (QED) is 0.837. The van der Waals surface area contributed by atoms with E-state index in [1.807, 2.05) is 25.1 Å². The number of benzene rings is 1. The van der Waals surface area contributed by atoms with Gasteiger partial charge >= 0.3 is 0 Å². The molecule has 0 fully saturated rings. The first kappa shape index (κ1) is 14.6. The van der Waals surface area contributed by atoms with Crippen LogP contribution in [0.4, 0.5) is 0 Å². The third-order valence-electron chi connectivity index (χ3n) is 3.12. The second-order valence-corrected chi connectivity index (χ2v) is 4.97. The molecule has 0 aliphatic heterocycles. The lowest BCUT2D eigenvalue weighted by molar-refractivity contribution is 0.248. The van der Waals surface area contributed by atoms with E-state index in [9.17, 15) is 0 Å². The lowest BCUT2D eigenvalue weighted by Gasteiger charge is -2.14. The maximum Gasteiger partial charge on any atom is 0.174 e. The average Bonchev–Trinajstić information content (AvgIpc) is 2.88. The topological polar surface area (TPSA) is 47.3 Å². The molecule has 2 aromatic rings. The molecule has 0 aliphatic rings. The van der Waals surface area contributed by atoms with E-state index < -0.39 is 0 Å². The van der Waals surface area contributed by atoms with Crippen molar-refractivity contribution in [2.24, 2.45) is 0 Å². The van der Waals surface area contributed by atoms with Crippen molar-refractivity contribution in [3.8, 4) is 5.75 Å². The van der Waals surface area contributed by atoms with Gasteiger partial charge in [-0.3, -0.25) is 0 Å². The number of hydrogen-bond acceptors (Lipinski definition) is 4. The van der Waals surface area contributed by atoms with E-state index in [2.05, 4.69) is 36.5 Å². The minimum atomic E-state index is 0.325. The van der Waals surface area contributed by atoms with Gasteiger partial charge in [0.25, 0.3) is 0 Å². The molecule has 1 aromatic carbocycles. The Labute approximate surface area is 120 Å². The van der Waals surface area contributed by atoms with Crippen LogP contribution >= 0.6 is 0 Å². The first-order valence-corrected chi connectivity index (χ1v) is 7.07. The van der Waals surface area contributed by atoms with E-state index in [1.165, 1.54) is 5.56 Å². The van der Waals surface area contributed by atoms with Gasteiger partial charge in [0.05, 0.1) is 5.69 Å². The summed E-state index contributed by atoms with van der Waals surface area (Å²) >= 11 is 0. The highest BCUT2D eigenvalue weighted by atomic mass is 16.5. The Morgan fingerprint density at radius 2 is 2.20 bits per heavy atom. The molecular formula is C16H22N2O2. The summed E-state index contributed by atoms with van der Waals surface area (Å²) in [5.74, 6) is 1.59. The normalized spacial score (nSPS) is 12.3. The molecule has 2 rings (SSSR count). The first-order valence-electron chi connectivity index (χ1n) is 7.07. The first-order chi connectivity index (χ1) is 9.69. The van der Waals surface area contributed by atoms with Gasteiger partial charge in [-0.2, -0.15) is 0 Å². The zero-order valence-corrected chi connectivity index (χ0v) is 12.3. The lowest BCUT2D eigenvalue weighted by Crippen LogP contribution is -2.19. The highest BCUT2D eigenvalue weighted by Crippen LogP contribution is 2.20. The molecule has 0 saturated carbocycles. The zero-order valence-electron chi connectivity index (χ0n) is 12.3. The summed E-state index contributed by atoms with van der Waals surface area (Å²) in [6.45, 7) is 7.65. The van der Waals surface area contributed by atoms with E-state index >= 15 is 0 Å². The van der Waals surface area contributed by atoms with Crippen molar-refractivity contribution in [2.75, 3.05) is 6.54 Å². The van der Waals surface area contributed by atoms with Gasteiger partial charge in [0.1, 0.15) is 12.4 Å². The minimum absolute atomic E-state index is 0.325. The summed E-state index contributed by atoms with van der Waals surface area (Å²) in [4.78, 5) is 0. The zero-order chi connectivity index (χ0) is 14.4. The molecule has 0 aliphatic carbocycles. The maximum absolute atomic E-state index is 5.74. The molecule has 1 atom stereocenters. The molecule has 108 valence electrons. The predicted octanol–water partition coefficient (Wildman–Crippen LogP) is 3.62. The Morgan fingerprint density at radius 3 is 2.90 bits per heavy atom. The third kappa shape index (κ3) is 4.10. The van der Waals surface area contributed by atoms with Crippen molar-refractivity contribution in [1.82, 2.24) is 10.5 Å².